The maximum atomic E-state index is 10.6. The Labute approximate surface area is 105 Å². The highest BCUT2D eigenvalue weighted by molar-refractivity contribution is 6.33. The van der Waals surface area contributed by atoms with Crippen molar-refractivity contribution >= 4 is 17.7 Å². The zero-order valence-electron chi connectivity index (χ0n) is 9.92. The molecule has 1 aliphatic rings. The van der Waals surface area contributed by atoms with Crippen LogP contribution in [0.1, 0.15) is 30.4 Å². The average molecular weight is 252 g/mol. The van der Waals surface area contributed by atoms with Crippen LogP contribution in [-0.2, 0) is 10.3 Å². The second-order valence-corrected chi connectivity index (χ2v) is 4.74. The van der Waals surface area contributed by atoms with Crippen LogP contribution in [0.4, 0.5) is 0 Å². The second-order valence-electron chi connectivity index (χ2n) is 4.36. The summed E-state index contributed by atoms with van der Waals surface area (Å²) < 4.78 is 5.21. The van der Waals surface area contributed by atoms with E-state index in [-0.39, 0.29) is 0 Å². The maximum absolute atomic E-state index is 10.6. The third kappa shape index (κ3) is 1.86. The van der Waals surface area contributed by atoms with Gasteiger partial charge in [0.25, 0.3) is 0 Å². The highest BCUT2D eigenvalue weighted by Crippen LogP contribution is 2.50. The van der Waals surface area contributed by atoms with E-state index in [2.05, 4.69) is 4.99 Å². The predicted octanol–water partition coefficient (Wildman–Crippen LogP) is 3.37. The monoisotopic (exact) mass is 251 g/mol. The summed E-state index contributed by atoms with van der Waals surface area (Å²) in [6.07, 6.45) is 4.42. The van der Waals surface area contributed by atoms with E-state index < -0.39 is 5.54 Å². The van der Waals surface area contributed by atoms with Gasteiger partial charge in [0.05, 0.1) is 12.1 Å². The number of methoxy groups -OCH3 is 1. The van der Waals surface area contributed by atoms with Gasteiger partial charge in [-0.05, 0) is 37.8 Å². The van der Waals surface area contributed by atoms with E-state index in [1.54, 1.807) is 13.2 Å². The third-order valence-corrected chi connectivity index (χ3v) is 3.82. The van der Waals surface area contributed by atoms with E-state index >= 15 is 0 Å². The van der Waals surface area contributed by atoms with Gasteiger partial charge in [0.15, 0.2) is 0 Å². The first kappa shape index (κ1) is 12.2. The van der Waals surface area contributed by atoms with Crippen LogP contribution in [0.15, 0.2) is 17.1 Å². The van der Waals surface area contributed by atoms with Gasteiger partial charge in [0.2, 0.25) is 6.08 Å². The summed E-state index contributed by atoms with van der Waals surface area (Å²) >= 11 is 6.33. The first-order chi connectivity index (χ1) is 8.14. The first-order valence-electron chi connectivity index (χ1n) is 5.57. The Balaban J connectivity index is 2.61. The molecule has 0 heterocycles. The zero-order chi connectivity index (χ0) is 12.5. The molecule has 90 valence electrons. The molecule has 3 nitrogen and oxygen atoms in total. The van der Waals surface area contributed by atoms with Gasteiger partial charge in [-0.25, -0.2) is 4.79 Å². The number of nitrogens with zero attached hydrogens (tertiary/aromatic N) is 1. The van der Waals surface area contributed by atoms with Gasteiger partial charge < -0.3 is 4.74 Å². The summed E-state index contributed by atoms with van der Waals surface area (Å²) in [4.78, 5) is 14.6. The Kier molecular flexibility index (Phi) is 3.23. The Hall–Kier alpha value is -1.31. The smallest absolute Gasteiger partial charge is 0.235 e. The Morgan fingerprint density at radius 1 is 1.47 bits per heavy atom. The molecule has 2 rings (SSSR count). The quantitative estimate of drug-likeness (QED) is 0.610. The maximum Gasteiger partial charge on any atom is 0.235 e. The van der Waals surface area contributed by atoms with Crippen molar-refractivity contribution < 1.29 is 9.53 Å². The molecule has 4 heteroatoms. The number of carbonyl (C=O) groups excluding carboxylic acids is 1. The number of halogens is 1. The molecule has 1 fully saturated rings. The third-order valence-electron chi connectivity index (χ3n) is 3.44. The summed E-state index contributed by atoms with van der Waals surface area (Å²) in [5.41, 5.74) is 1.47. The fraction of sp³-hybridized carbons (Fsp3) is 0.462. The van der Waals surface area contributed by atoms with Crippen LogP contribution in [0, 0.1) is 6.92 Å². The molecule has 0 saturated heterocycles. The van der Waals surface area contributed by atoms with Crippen molar-refractivity contribution in [2.24, 2.45) is 4.99 Å². The summed E-state index contributed by atoms with van der Waals surface area (Å²) in [5.74, 6) is 0.625. The van der Waals surface area contributed by atoms with Crippen LogP contribution < -0.4 is 4.74 Å². The Morgan fingerprint density at radius 2 is 2.18 bits per heavy atom. The van der Waals surface area contributed by atoms with Gasteiger partial charge in [-0.15, -0.1) is 0 Å². The lowest BCUT2D eigenvalue weighted by molar-refractivity contribution is 0.254. The van der Waals surface area contributed by atoms with Crippen molar-refractivity contribution in [2.75, 3.05) is 7.11 Å². The van der Waals surface area contributed by atoms with Crippen LogP contribution in [0.5, 0.6) is 5.75 Å². The van der Waals surface area contributed by atoms with Crippen molar-refractivity contribution in [2.45, 2.75) is 31.7 Å². The fourth-order valence-electron chi connectivity index (χ4n) is 2.40. The first-order valence-corrected chi connectivity index (χ1v) is 5.95. The van der Waals surface area contributed by atoms with E-state index in [1.165, 1.54) is 0 Å². The van der Waals surface area contributed by atoms with Gasteiger partial charge in [-0.1, -0.05) is 17.7 Å². The van der Waals surface area contributed by atoms with E-state index in [1.807, 2.05) is 19.1 Å². The van der Waals surface area contributed by atoms with Gasteiger partial charge in [-0.3, -0.25) is 0 Å². The minimum atomic E-state index is -0.475. The SMILES string of the molecule is COc1ccc(C)c(C2(N=C=O)CCC2)c1Cl. The van der Waals surface area contributed by atoms with Crippen LogP contribution >= 0.6 is 11.6 Å². The van der Waals surface area contributed by atoms with Crippen molar-refractivity contribution in [3.63, 3.8) is 0 Å². The number of hydrogen-bond donors (Lipinski definition) is 0. The fourth-order valence-corrected chi connectivity index (χ4v) is 2.86. The molecule has 0 amide bonds. The molecule has 0 aliphatic heterocycles. The minimum absolute atomic E-state index is 0.475. The van der Waals surface area contributed by atoms with Crippen LogP contribution in [0.2, 0.25) is 5.02 Å². The molecule has 1 aliphatic carbocycles. The van der Waals surface area contributed by atoms with Crippen LogP contribution in [0.3, 0.4) is 0 Å². The van der Waals surface area contributed by atoms with Gasteiger partial charge in [-0.2, -0.15) is 4.99 Å². The summed E-state index contributed by atoms with van der Waals surface area (Å²) in [7, 11) is 1.58. The normalized spacial score (nSPS) is 16.9. The number of aliphatic imine (C=N–C) groups is 1. The summed E-state index contributed by atoms with van der Waals surface area (Å²) in [6, 6.07) is 3.78. The average Bonchev–Trinajstić information content (AvgIpc) is 2.26. The number of isocyanates is 1. The van der Waals surface area contributed by atoms with Crippen molar-refractivity contribution in [3.05, 3.63) is 28.3 Å². The number of ether oxygens (including phenoxy) is 1. The molecule has 0 spiro atoms. The Bertz CT molecular complexity index is 488. The van der Waals surface area contributed by atoms with Crippen molar-refractivity contribution in [3.8, 4) is 5.75 Å². The van der Waals surface area contributed by atoms with Gasteiger partial charge >= 0.3 is 0 Å². The predicted molar refractivity (Wildman–Crippen MR) is 66.4 cm³/mol. The van der Waals surface area contributed by atoms with Gasteiger partial charge in [0.1, 0.15) is 11.3 Å². The van der Waals surface area contributed by atoms with Crippen LogP contribution in [-0.4, -0.2) is 13.2 Å². The highest BCUT2D eigenvalue weighted by atomic mass is 35.5. The molecule has 0 atom stereocenters. The molecule has 0 N–H and O–H groups in total. The second kappa shape index (κ2) is 4.52. The molecule has 17 heavy (non-hydrogen) atoms. The van der Waals surface area contributed by atoms with E-state index in [0.29, 0.717) is 10.8 Å². The van der Waals surface area contributed by atoms with Crippen molar-refractivity contribution in [1.29, 1.82) is 0 Å². The van der Waals surface area contributed by atoms with Crippen LogP contribution in [0.25, 0.3) is 0 Å². The minimum Gasteiger partial charge on any atom is -0.495 e. The number of benzene rings is 1. The summed E-state index contributed by atoms with van der Waals surface area (Å²) in [5, 5.41) is 0.561. The van der Waals surface area contributed by atoms with E-state index in [4.69, 9.17) is 16.3 Å². The zero-order valence-corrected chi connectivity index (χ0v) is 10.7. The lowest BCUT2D eigenvalue weighted by Gasteiger charge is -2.38. The summed E-state index contributed by atoms with van der Waals surface area (Å²) in [6.45, 7) is 1.97. The van der Waals surface area contributed by atoms with Crippen molar-refractivity contribution in [1.82, 2.24) is 0 Å². The molecule has 1 aromatic carbocycles. The Morgan fingerprint density at radius 3 is 2.65 bits per heavy atom. The molecule has 0 unspecified atom stereocenters. The largest absolute Gasteiger partial charge is 0.495 e. The molecular weight excluding hydrogens is 238 g/mol. The number of rotatable bonds is 3. The number of hydrogen-bond acceptors (Lipinski definition) is 3. The molecule has 0 radical (unpaired) electrons. The molecule has 0 aromatic heterocycles. The molecule has 1 aromatic rings. The number of aryl methyl sites for hydroxylation is 1. The van der Waals surface area contributed by atoms with E-state index in [9.17, 15) is 4.79 Å². The lowest BCUT2D eigenvalue weighted by Crippen LogP contribution is -2.33. The molecule has 0 bridgehead atoms. The highest BCUT2D eigenvalue weighted by Gasteiger charge is 2.42. The standard InChI is InChI=1S/C13H14ClNO2/c1-9-4-5-10(17-2)12(14)11(9)13(15-8-16)6-3-7-13/h4-5H,3,6-7H2,1-2H3. The van der Waals surface area contributed by atoms with Gasteiger partial charge in [0, 0.05) is 5.56 Å². The molecular formula is C13H14ClNO2. The topological polar surface area (TPSA) is 38.7 Å². The van der Waals surface area contributed by atoms with E-state index in [0.717, 1.165) is 30.4 Å². The lowest BCUT2D eigenvalue weighted by atomic mass is 9.71. The molecule has 1 saturated carbocycles.